The molecular weight excluding hydrogens is 256 g/mol. The number of para-hydroxylation sites is 1. The summed E-state index contributed by atoms with van der Waals surface area (Å²) < 4.78 is 0. The van der Waals surface area contributed by atoms with Crippen molar-refractivity contribution < 1.29 is 0 Å². The zero-order valence-corrected chi connectivity index (χ0v) is 11.3. The van der Waals surface area contributed by atoms with E-state index >= 15 is 0 Å². The first kappa shape index (κ1) is 11.7. The molecule has 4 aromatic rings. The molecule has 1 N–H and O–H groups in total. The number of fused-ring (bicyclic) bond motifs is 3. The van der Waals surface area contributed by atoms with Crippen molar-refractivity contribution in [1.82, 2.24) is 4.98 Å². The minimum atomic E-state index is 0.704. The van der Waals surface area contributed by atoms with Gasteiger partial charge in [0.25, 0.3) is 0 Å². The minimum Gasteiger partial charge on any atom is -0.354 e. The lowest BCUT2D eigenvalue weighted by Crippen LogP contribution is -1.84. The highest BCUT2D eigenvalue weighted by Crippen LogP contribution is 2.35. The molecule has 0 saturated carbocycles. The molecule has 0 atom stereocenters. The van der Waals surface area contributed by atoms with Crippen molar-refractivity contribution in [1.29, 1.82) is 5.26 Å². The summed E-state index contributed by atoms with van der Waals surface area (Å²) in [6.45, 7) is 0. The molecule has 0 aliphatic carbocycles. The van der Waals surface area contributed by atoms with Crippen LogP contribution in [-0.4, -0.2) is 4.98 Å². The Balaban J connectivity index is 2.17. The Morgan fingerprint density at radius 2 is 1.43 bits per heavy atom. The number of hydrogen-bond donors (Lipinski definition) is 1. The highest BCUT2D eigenvalue weighted by atomic mass is 14.7. The van der Waals surface area contributed by atoms with E-state index in [1.807, 2.05) is 42.5 Å². The Labute approximate surface area is 122 Å². The van der Waals surface area contributed by atoms with Crippen molar-refractivity contribution in [2.75, 3.05) is 0 Å². The third-order valence-corrected chi connectivity index (χ3v) is 3.87. The van der Waals surface area contributed by atoms with Crippen LogP contribution in [0.2, 0.25) is 0 Å². The van der Waals surface area contributed by atoms with Gasteiger partial charge in [-0.15, -0.1) is 0 Å². The maximum Gasteiger partial charge on any atom is 0.0998 e. The van der Waals surface area contributed by atoms with Gasteiger partial charge in [-0.2, -0.15) is 5.26 Å². The van der Waals surface area contributed by atoms with E-state index in [1.54, 1.807) is 0 Å². The number of nitrogens with one attached hydrogen (secondary N) is 1. The van der Waals surface area contributed by atoms with Crippen LogP contribution in [0.5, 0.6) is 0 Å². The predicted molar refractivity (Wildman–Crippen MR) is 86.0 cm³/mol. The molecule has 0 aliphatic heterocycles. The number of nitriles is 1. The molecule has 2 heteroatoms. The van der Waals surface area contributed by atoms with Gasteiger partial charge in [-0.1, -0.05) is 48.5 Å². The first-order valence-corrected chi connectivity index (χ1v) is 6.87. The first-order valence-electron chi connectivity index (χ1n) is 6.87. The molecule has 0 unspecified atom stereocenters. The number of aromatic amines is 1. The third kappa shape index (κ3) is 1.72. The highest BCUT2D eigenvalue weighted by Gasteiger charge is 2.12. The molecule has 1 aromatic heterocycles. The van der Waals surface area contributed by atoms with Crippen LogP contribution in [0.1, 0.15) is 5.56 Å². The zero-order valence-electron chi connectivity index (χ0n) is 11.3. The third-order valence-electron chi connectivity index (χ3n) is 3.87. The summed E-state index contributed by atoms with van der Waals surface area (Å²) in [5, 5.41) is 11.7. The lowest BCUT2D eigenvalue weighted by molar-refractivity contribution is 1.48. The number of aromatic nitrogens is 1. The average molecular weight is 268 g/mol. The van der Waals surface area contributed by atoms with Gasteiger partial charge in [-0.3, -0.25) is 0 Å². The molecule has 0 spiro atoms. The first-order chi connectivity index (χ1) is 10.4. The van der Waals surface area contributed by atoms with Crippen molar-refractivity contribution in [3.05, 3.63) is 72.3 Å². The van der Waals surface area contributed by atoms with Gasteiger partial charge in [0.05, 0.1) is 11.6 Å². The monoisotopic (exact) mass is 268 g/mol. The highest BCUT2D eigenvalue weighted by molar-refractivity contribution is 6.14. The smallest absolute Gasteiger partial charge is 0.0998 e. The SMILES string of the molecule is N#Cc1ccccc1-c1cccc2[nH]c3ccccc3c12. The van der Waals surface area contributed by atoms with Crippen LogP contribution in [0.3, 0.4) is 0 Å². The second-order valence-electron chi connectivity index (χ2n) is 5.06. The van der Waals surface area contributed by atoms with E-state index in [1.165, 1.54) is 10.8 Å². The normalized spacial score (nSPS) is 10.8. The topological polar surface area (TPSA) is 39.6 Å². The molecular formula is C19H12N2. The standard InChI is InChI=1S/C19H12N2/c20-12-13-6-1-2-7-14(13)15-9-5-11-18-19(15)16-8-3-4-10-17(16)21-18/h1-11,21H. The zero-order chi connectivity index (χ0) is 14.2. The summed E-state index contributed by atoms with van der Waals surface area (Å²) in [6.07, 6.45) is 0. The maximum absolute atomic E-state index is 9.36. The van der Waals surface area contributed by atoms with Gasteiger partial charge >= 0.3 is 0 Å². The summed E-state index contributed by atoms with van der Waals surface area (Å²) in [7, 11) is 0. The van der Waals surface area contributed by atoms with Crippen molar-refractivity contribution in [2.24, 2.45) is 0 Å². The van der Waals surface area contributed by atoms with Crippen molar-refractivity contribution in [3.8, 4) is 17.2 Å². The Morgan fingerprint density at radius 1 is 0.714 bits per heavy atom. The summed E-state index contributed by atoms with van der Waals surface area (Å²) in [6, 6.07) is 24.5. The van der Waals surface area contributed by atoms with Crippen LogP contribution in [0, 0.1) is 11.3 Å². The molecule has 0 aliphatic rings. The minimum absolute atomic E-state index is 0.704. The van der Waals surface area contributed by atoms with Crippen LogP contribution >= 0.6 is 0 Å². The van der Waals surface area contributed by atoms with E-state index in [0.717, 1.165) is 22.2 Å². The predicted octanol–water partition coefficient (Wildman–Crippen LogP) is 4.86. The van der Waals surface area contributed by atoms with Crippen molar-refractivity contribution in [3.63, 3.8) is 0 Å². The molecule has 21 heavy (non-hydrogen) atoms. The van der Waals surface area contributed by atoms with Gasteiger partial charge in [0.2, 0.25) is 0 Å². The summed E-state index contributed by atoms with van der Waals surface area (Å²) in [4.78, 5) is 3.44. The molecule has 2 nitrogen and oxygen atoms in total. The molecule has 1 heterocycles. The van der Waals surface area contributed by atoms with Gasteiger partial charge in [-0.05, 0) is 23.8 Å². The fraction of sp³-hybridized carbons (Fsp3) is 0. The number of benzene rings is 3. The molecule has 0 fully saturated rings. The van der Waals surface area contributed by atoms with Gasteiger partial charge < -0.3 is 4.98 Å². The Kier molecular flexibility index (Phi) is 2.52. The van der Waals surface area contributed by atoms with E-state index in [0.29, 0.717) is 5.56 Å². The van der Waals surface area contributed by atoms with Crippen LogP contribution in [0.25, 0.3) is 32.9 Å². The molecule has 0 saturated heterocycles. The number of rotatable bonds is 1. The second kappa shape index (κ2) is 4.50. The van der Waals surface area contributed by atoms with Crippen LogP contribution < -0.4 is 0 Å². The largest absolute Gasteiger partial charge is 0.354 e. The van der Waals surface area contributed by atoms with Crippen molar-refractivity contribution >= 4 is 21.8 Å². The van der Waals surface area contributed by atoms with Gasteiger partial charge in [0.1, 0.15) is 0 Å². The van der Waals surface area contributed by atoms with Crippen LogP contribution in [0.15, 0.2) is 66.7 Å². The molecule has 4 rings (SSSR count). The van der Waals surface area contributed by atoms with E-state index in [-0.39, 0.29) is 0 Å². The fourth-order valence-corrected chi connectivity index (χ4v) is 2.94. The summed E-state index contributed by atoms with van der Waals surface area (Å²) >= 11 is 0. The van der Waals surface area contributed by atoms with Crippen molar-refractivity contribution in [2.45, 2.75) is 0 Å². The number of hydrogen-bond acceptors (Lipinski definition) is 1. The van der Waals surface area contributed by atoms with E-state index in [2.05, 4.69) is 35.3 Å². The van der Waals surface area contributed by atoms with Gasteiger partial charge in [0, 0.05) is 27.4 Å². The molecule has 0 amide bonds. The Bertz CT molecular complexity index is 1000. The lowest BCUT2D eigenvalue weighted by Gasteiger charge is -2.06. The quantitative estimate of drug-likeness (QED) is 0.526. The summed E-state index contributed by atoms with van der Waals surface area (Å²) in [5.41, 5.74) is 5.00. The Morgan fingerprint density at radius 3 is 2.33 bits per heavy atom. The fourth-order valence-electron chi connectivity index (χ4n) is 2.94. The molecule has 3 aromatic carbocycles. The second-order valence-corrected chi connectivity index (χ2v) is 5.06. The van der Waals surface area contributed by atoms with Gasteiger partial charge in [0.15, 0.2) is 0 Å². The van der Waals surface area contributed by atoms with Crippen LogP contribution in [-0.2, 0) is 0 Å². The Hall–Kier alpha value is -3.05. The van der Waals surface area contributed by atoms with E-state index < -0.39 is 0 Å². The van der Waals surface area contributed by atoms with E-state index in [9.17, 15) is 5.26 Å². The van der Waals surface area contributed by atoms with E-state index in [4.69, 9.17) is 0 Å². The molecule has 0 bridgehead atoms. The number of H-pyrrole nitrogens is 1. The van der Waals surface area contributed by atoms with Crippen LogP contribution in [0.4, 0.5) is 0 Å². The molecule has 0 radical (unpaired) electrons. The molecule has 98 valence electrons. The number of nitrogens with zero attached hydrogens (tertiary/aromatic N) is 1. The summed E-state index contributed by atoms with van der Waals surface area (Å²) in [5.74, 6) is 0. The van der Waals surface area contributed by atoms with Gasteiger partial charge in [-0.25, -0.2) is 0 Å². The maximum atomic E-state index is 9.36. The lowest BCUT2D eigenvalue weighted by atomic mass is 9.96. The average Bonchev–Trinajstić information content (AvgIpc) is 2.93.